The summed E-state index contributed by atoms with van der Waals surface area (Å²) < 4.78 is 0. The van der Waals surface area contributed by atoms with Gasteiger partial charge in [-0.1, -0.05) is 26.0 Å². The smallest absolute Gasteiger partial charge is 0.0607 e. The number of rotatable bonds is 1. The molecule has 2 atom stereocenters. The zero-order chi connectivity index (χ0) is 8.43. The maximum Gasteiger partial charge on any atom is 0.0607 e. The van der Waals surface area contributed by atoms with Gasteiger partial charge in [0.15, 0.2) is 0 Å². The molecule has 1 aliphatic carbocycles. The second-order valence-corrected chi connectivity index (χ2v) is 3.97. The Bertz CT molecular complexity index is 149. The molecule has 1 fully saturated rings. The van der Waals surface area contributed by atoms with Crippen LogP contribution in [0.2, 0.25) is 0 Å². The van der Waals surface area contributed by atoms with Crippen LogP contribution in [0.3, 0.4) is 0 Å². The molecule has 0 spiro atoms. The zero-order valence-electron chi connectivity index (χ0n) is 7.51. The van der Waals surface area contributed by atoms with Crippen LogP contribution in [0.25, 0.3) is 0 Å². The average molecular weight is 154 g/mol. The summed E-state index contributed by atoms with van der Waals surface area (Å²) in [5.41, 5.74) is 1.22. The van der Waals surface area contributed by atoms with E-state index in [0.717, 1.165) is 19.3 Å². The van der Waals surface area contributed by atoms with E-state index in [1.54, 1.807) is 0 Å². The Morgan fingerprint density at radius 1 is 1.55 bits per heavy atom. The third-order valence-corrected chi connectivity index (χ3v) is 2.68. The maximum absolute atomic E-state index is 9.65. The average Bonchev–Trinajstić information content (AvgIpc) is 1.85. The minimum atomic E-state index is -0.128. The van der Waals surface area contributed by atoms with Crippen molar-refractivity contribution in [3.05, 3.63) is 12.2 Å². The summed E-state index contributed by atoms with van der Waals surface area (Å²) >= 11 is 0. The molecule has 0 radical (unpaired) electrons. The predicted molar refractivity (Wildman–Crippen MR) is 47.3 cm³/mol. The molecule has 0 amide bonds. The van der Waals surface area contributed by atoms with Crippen molar-refractivity contribution in [1.82, 2.24) is 0 Å². The van der Waals surface area contributed by atoms with Crippen LogP contribution >= 0.6 is 0 Å². The Hall–Kier alpha value is -0.300. The van der Waals surface area contributed by atoms with Gasteiger partial charge in [-0.05, 0) is 31.1 Å². The fourth-order valence-corrected chi connectivity index (χ4v) is 1.89. The molecule has 0 saturated heterocycles. The zero-order valence-corrected chi connectivity index (χ0v) is 7.51. The minimum Gasteiger partial charge on any atom is -0.392 e. The lowest BCUT2D eigenvalue weighted by molar-refractivity contribution is 0.0627. The molecule has 0 unspecified atom stereocenters. The Balaban J connectivity index is 2.50. The first-order valence-corrected chi connectivity index (χ1v) is 4.46. The summed E-state index contributed by atoms with van der Waals surface area (Å²) in [6.07, 6.45) is 2.93. The summed E-state index contributed by atoms with van der Waals surface area (Å²) in [6, 6.07) is 0. The van der Waals surface area contributed by atoms with E-state index in [1.807, 2.05) is 0 Å². The fraction of sp³-hybridized carbons (Fsp3) is 0.800. The van der Waals surface area contributed by atoms with Crippen LogP contribution in [-0.4, -0.2) is 11.2 Å². The van der Waals surface area contributed by atoms with Gasteiger partial charge in [-0.2, -0.15) is 0 Å². The Morgan fingerprint density at radius 3 is 2.64 bits per heavy atom. The Morgan fingerprint density at radius 2 is 2.18 bits per heavy atom. The summed E-state index contributed by atoms with van der Waals surface area (Å²) in [7, 11) is 0. The monoisotopic (exact) mass is 154 g/mol. The third kappa shape index (κ3) is 2.06. The molecule has 0 aromatic heterocycles. The van der Waals surface area contributed by atoms with Gasteiger partial charge >= 0.3 is 0 Å². The van der Waals surface area contributed by atoms with Gasteiger partial charge < -0.3 is 5.11 Å². The van der Waals surface area contributed by atoms with E-state index >= 15 is 0 Å². The maximum atomic E-state index is 9.65. The lowest BCUT2D eigenvalue weighted by Gasteiger charge is -2.31. The van der Waals surface area contributed by atoms with Gasteiger partial charge in [0.1, 0.15) is 0 Å². The lowest BCUT2D eigenvalue weighted by atomic mass is 9.78. The van der Waals surface area contributed by atoms with Gasteiger partial charge in [0.2, 0.25) is 0 Å². The summed E-state index contributed by atoms with van der Waals surface area (Å²) in [5, 5.41) is 9.65. The molecule has 0 aromatic rings. The van der Waals surface area contributed by atoms with Gasteiger partial charge in [-0.25, -0.2) is 0 Å². The van der Waals surface area contributed by atoms with Crippen LogP contribution < -0.4 is 0 Å². The van der Waals surface area contributed by atoms with Crippen molar-refractivity contribution in [3.8, 4) is 0 Å². The van der Waals surface area contributed by atoms with Crippen LogP contribution in [0.1, 0.15) is 33.1 Å². The quantitative estimate of drug-likeness (QED) is 0.575. The van der Waals surface area contributed by atoms with Gasteiger partial charge in [-0.3, -0.25) is 0 Å². The van der Waals surface area contributed by atoms with E-state index in [1.165, 1.54) is 5.57 Å². The number of aliphatic hydroxyl groups is 1. The molecule has 0 heterocycles. The normalized spacial score (nSPS) is 32.9. The van der Waals surface area contributed by atoms with E-state index in [4.69, 9.17) is 0 Å². The number of hydrogen-bond acceptors (Lipinski definition) is 1. The molecule has 11 heavy (non-hydrogen) atoms. The van der Waals surface area contributed by atoms with E-state index in [-0.39, 0.29) is 6.10 Å². The van der Waals surface area contributed by atoms with E-state index in [2.05, 4.69) is 20.4 Å². The van der Waals surface area contributed by atoms with Gasteiger partial charge in [0.05, 0.1) is 6.10 Å². The highest BCUT2D eigenvalue weighted by atomic mass is 16.3. The standard InChI is InChI=1S/C10H18O/c1-7(2)9-5-4-8(3)6-10(9)11/h7,9-11H,3-6H2,1-2H3/t9-,10-/m1/s1. The van der Waals surface area contributed by atoms with Crippen molar-refractivity contribution >= 4 is 0 Å². The largest absolute Gasteiger partial charge is 0.392 e. The molecule has 1 rings (SSSR count). The molecule has 0 aromatic carbocycles. The Labute approximate surface area is 69.1 Å². The van der Waals surface area contributed by atoms with Crippen LogP contribution in [0.15, 0.2) is 12.2 Å². The second kappa shape index (κ2) is 3.40. The van der Waals surface area contributed by atoms with Crippen LogP contribution in [0.4, 0.5) is 0 Å². The first kappa shape index (κ1) is 8.79. The predicted octanol–water partition coefficient (Wildman–Crippen LogP) is 2.36. The van der Waals surface area contributed by atoms with E-state index < -0.39 is 0 Å². The molecule has 1 saturated carbocycles. The van der Waals surface area contributed by atoms with Crippen LogP contribution in [0, 0.1) is 11.8 Å². The molecule has 1 N–H and O–H groups in total. The van der Waals surface area contributed by atoms with Crippen molar-refractivity contribution in [3.63, 3.8) is 0 Å². The molecule has 0 aliphatic heterocycles. The topological polar surface area (TPSA) is 20.2 Å². The Kier molecular flexibility index (Phi) is 2.72. The second-order valence-electron chi connectivity index (χ2n) is 3.97. The first-order valence-electron chi connectivity index (χ1n) is 4.46. The summed E-state index contributed by atoms with van der Waals surface area (Å²) in [5.74, 6) is 1.11. The minimum absolute atomic E-state index is 0.128. The number of aliphatic hydroxyl groups excluding tert-OH is 1. The first-order chi connectivity index (χ1) is 5.11. The van der Waals surface area contributed by atoms with Crippen LogP contribution in [-0.2, 0) is 0 Å². The van der Waals surface area contributed by atoms with Crippen molar-refractivity contribution in [2.75, 3.05) is 0 Å². The SMILES string of the molecule is C=C1CC[C@H](C(C)C)[C@H](O)C1. The van der Waals surface area contributed by atoms with E-state index in [9.17, 15) is 5.11 Å². The molecular formula is C10H18O. The summed E-state index contributed by atoms with van der Waals surface area (Å²) in [6.45, 7) is 8.26. The molecular weight excluding hydrogens is 136 g/mol. The van der Waals surface area contributed by atoms with Gasteiger partial charge in [0, 0.05) is 0 Å². The number of hydrogen-bond donors (Lipinski definition) is 1. The van der Waals surface area contributed by atoms with Crippen LogP contribution in [0.5, 0.6) is 0 Å². The van der Waals surface area contributed by atoms with Gasteiger partial charge in [0.25, 0.3) is 0 Å². The van der Waals surface area contributed by atoms with Crippen molar-refractivity contribution < 1.29 is 5.11 Å². The van der Waals surface area contributed by atoms with E-state index in [0.29, 0.717) is 11.8 Å². The molecule has 1 heteroatoms. The highest BCUT2D eigenvalue weighted by molar-refractivity contribution is 5.02. The highest BCUT2D eigenvalue weighted by Gasteiger charge is 2.26. The van der Waals surface area contributed by atoms with Crippen molar-refractivity contribution in [1.29, 1.82) is 0 Å². The third-order valence-electron chi connectivity index (χ3n) is 2.68. The van der Waals surface area contributed by atoms with Gasteiger partial charge in [-0.15, -0.1) is 0 Å². The highest BCUT2D eigenvalue weighted by Crippen LogP contribution is 2.32. The summed E-state index contributed by atoms with van der Waals surface area (Å²) in [4.78, 5) is 0. The lowest BCUT2D eigenvalue weighted by Crippen LogP contribution is -2.29. The molecule has 1 aliphatic rings. The fourth-order valence-electron chi connectivity index (χ4n) is 1.89. The molecule has 0 bridgehead atoms. The van der Waals surface area contributed by atoms with Crippen molar-refractivity contribution in [2.45, 2.75) is 39.2 Å². The molecule has 64 valence electrons. The van der Waals surface area contributed by atoms with Crippen molar-refractivity contribution in [2.24, 2.45) is 11.8 Å². The molecule has 1 nitrogen and oxygen atoms in total.